The Morgan fingerprint density at radius 3 is 2.45 bits per heavy atom. The zero-order valence-electron chi connectivity index (χ0n) is 22.7. The third kappa shape index (κ3) is 4.69. The molecule has 8 nitrogen and oxygen atoms in total. The highest BCUT2D eigenvalue weighted by Gasteiger charge is 2.78. The summed E-state index contributed by atoms with van der Waals surface area (Å²) < 4.78 is 6.71. The van der Waals surface area contributed by atoms with Gasteiger partial charge >= 0.3 is 0 Å². The summed E-state index contributed by atoms with van der Waals surface area (Å²) in [4.78, 5) is 47.2. The van der Waals surface area contributed by atoms with E-state index in [1.54, 1.807) is 22.0 Å². The van der Waals surface area contributed by atoms with Crippen LogP contribution < -0.4 is 0 Å². The number of aliphatic hydroxyl groups is 1. The third-order valence-corrected chi connectivity index (χ3v) is 8.44. The Bertz CT molecular complexity index is 1060. The van der Waals surface area contributed by atoms with E-state index in [9.17, 15) is 19.5 Å². The third-order valence-electron chi connectivity index (χ3n) is 8.44. The van der Waals surface area contributed by atoms with E-state index in [2.05, 4.69) is 20.1 Å². The molecule has 3 amide bonds. The minimum absolute atomic E-state index is 0.0184. The van der Waals surface area contributed by atoms with Gasteiger partial charge in [-0.1, -0.05) is 55.8 Å². The van der Waals surface area contributed by atoms with Crippen LogP contribution in [0.4, 0.5) is 0 Å². The second-order valence-electron chi connectivity index (χ2n) is 10.9. The van der Waals surface area contributed by atoms with Crippen LogP contribution in [-0.2, 0) is 25.7 Å². The average Bonchev–Trinajstić information content (AvgIpc) is 3.47. The lowest BCUT2D eigenvalue weighted by atomic mass is 9.66. The summed E-state index contributed by atoms with van der Waals surface area (Å²) in [6, 6.07) is 8.84. The van der Waals surface area contributed by atoms with Crippen molar-refractivity contribution in [2.24, 2.45) is 11.8 Å². The molecule has 0 aromatic heterocycles. The van der Waals surface area contributed by atoms with Crippen molar-refractivity contribution >= 4 is 17.7 Å². The molecule has 3 saturated heterocycles. The average molecular weight is 524 g/mol. The van der Waals surface area contributed by atoms with E-state index in [0.717, 1.165) is 18.4 Å². The Morgan fingerprint density at radius 1 is 1.13 bits per heavy atom. The van der Waals surface area contributed by atoms with Crippen molar-refractivity contribution in [2.45, 2.75) is 63.3 Å². The molecule has 206 valence electrons. The number of likely N-dealkylation sites (tertiary alicyclic amines) is 1. The highest BCUT2D eigenvalue weighted by atomic mass is 16.5. The first-order valence-corrected chi connectivity index (χ1v) is 13.7. The van der Waals surface area contributed by atoms with Crippen LogP contribution in [0.5, 0.6) is 0 Å². The lowest BCUT2D eigenvalue weighted by molar-refractivity contribution is -0.154. The van der Waals surface area contributed by atoms with Crippen molar-refractivity contribution in [1.29, 1.82) is 0 Å². The van der Waals surface area contributed by atoms with Crippen LogP contribution in [-0.4, -0.2) is 87.6 Å². The molecule has 1 aromatic rings. The van der Waals surface area contributed by atoms with Gasteiger partial charge in [0.05, 0.1) is 24.0 Å². The van der Waals surface area contributed by atoms with Gasteiger partial charge in [-0.3, -0.25) is 14.4 Å². The zero-order valence-corrected chi connectivity index (χ0v) is 22.7. The number of benzene rings is 1. The van der Waals surface area contributed by atoms with Crippen molar-refractivity contribution in [3.8, 4) is 0 Å². The van der Waals surface area contributed by atoms with Crippen LogP contribution >= 0.6 is 0 Å². The number of amides is 3. The van der Waals surface area contributed by atoms with Crippen LogP contribution in [0.25, 0.3) is 0 Å². The fourth-order valence-corrected chi connectivity index (χ4v) is 6.79. The Hall–Kier alpha value is -2.97. The van der Waals surface area contributed by atoms with Crippen LogP contribution in [0, 0.1) is 11.8 Å². The van der Waals surface area contributed by atoms with E-state index in [4.69, 9.17) is 4.74 Å². The van der Waals surface area contributed by atoms with E-state index >= 15 is 0 Å². The van der Waals surface area contributed by atoms with Gasteiger partial charge in [0.1, 0.15) is 11.6 Å². The fourth-order valence-electron chi connectivity index (χ4n) is 6.79. The molecule has 2 unspecified atom stereocenters. The maximum absolute atomic E-state index is 14.2. The van der Waals surface area contributed by atoms with Crippen molar-refractivity contribution in [2.75, 3.05) is 32.8 Å². The first kappa shape index (κ1) is 28.0. The number of carbonyl (C=O) groups excluding carboxylic acids is 3. The van der Waals surface area contributed by atoms with Gasteiger partial charge in [0.15, 0.2) is 0 Å². The summed E-state index contributed by atoms with van der Waals surface area (Å²) in [5.41, 5.74) is -0.976. The van der Waals surface area contributed by atoms with Crippen LogP contribution in [0.15, 0.2) is 55.6 Å². The normalized spacial score (nSPS) is 29.3. The molecule has 5 atom stereocenters. The van der Waals surface area contributed by atoms with Crippen LogP contribution in [0.1, 0.15) is 45.1 Å². The number of fused-ring (bicyclic) bond motifs is 1. The quantitative estimate of drug-likeness (QED) is 0.402. The highest BCUT2D eigenvalue weighted by Crippen LogP contribution is 2.63. The molecule has 3 aliphatic heterocycles. The minimum atomic E-state index is -1.10. The Balaban J connectivity index is 1.71. The molecule has 1 N–H and O–H groups in total. The van der Waals surface area contributed by atoms with E-state index in [0.29, 0.717) is 39.0 Å². The number of hydrogen-bond acceptors (Lipinski definition) is 5. The number of rotatable bonds is 13. The Morgan fingerprint density at radius 2 is 1.82 bits per heavy atom. The van der Waals surface area contributed by atoms with Gasteiger partial charge in [0.25, 0.3) is 0 Å². The topological polar surface area (TPSA) is 90.4 Å². The van der Waals surface area contributed by atoms with Gasteiger partial charge in [-0.25, -0.2) is 0 Å². The summed E-state index contributed by atoms with van der Waals surface area (Å²) >= 11 is 0. The molecule has 0 aliphatic carbocycles. The van der Waals surface area contributed by atoms with E-state index in [-0.39, 0.29) is 30.9 Å². The predicted octanol–water partition coefficient (Wildman–Crippen LogP) is 2.77. The molecule has 3 aliphatic rings. The molecule has 3 heterocycles. The van der Waals surface area contributed by atoms with Gasteiger partial charge in [-0.15, -0.1) is 13.2 Å². The summed E-state index contributed by atoms with van der Waals surface area (Å²) in [6.07, 6.45) is 6.21. The first-order chi connectivity index (χ1) is 18.3. The molecule has 1 spiro atoms. The number of hydrogen-bond donors (Lipinski definition) is 1. The van der Waals surface area contributed by atoms with Gasteiger partial charge in [0, 0.05) is 32.7 Å². The number of carbonyl (C=O) groups is 3. The van der Waals surface area contributed by atoms with Crippen LogP contribution in [0.2, 0.25) is 0 Å². The molecular formula is C30H41N3O5. The van der Waals surface area contributed by atoms with Crippen molar-refractivity contribution in [3.05, 3.63) is 61.2 Å². The largest absolute Gasteiger partial charge is 0.395 e. The van der Waals surface area contributed by atoms with Crippen LogP contribution in [0.3, 0.4) is 0 Å². The maximum Gasteiger partial charge on any atom is 0.248 e. The molecule has 38 heavy (non-hydrogen) atoms. The summed E-state index contributed by atoms with van der Waals surface area (Å²) in [5.74, 6) is -2.16. The van der Waals surface area contributed by atoms with Gasteiger partial charge in [0.2, 0.25) is 17.7 Å². The monoisotopic (exact) mass is 523 g/mol. The van der Waals surface area contributed by atoms with Gasteiger partial charge in [-0.2, -0.15) is 0 Å². The van der Waals surface area contributed by atoms with E-state index in [1.807, 2.05) is 37.3 Å². The van der Waals surface area contributed by atoms with Gasteiger partial charge in [-0.05, 0) is 31.7 Å². The molecule has 3 fully saturated rings. The van der Waals surface area contributed by atoms with Crippen molar-refractivity contribution in [1.82, 2.24) is 14.7 Å². The second kappa shape index (κ2) is 11.4. The molecule has 2 bridgehead atoms. The standard InChI is InChI=1S/C30H41N3O5/c1-5-8-18-31(16-6-2)28(37)25-30-15-14-29(4,38-30)23(24(30)27(36)33(25)19-20-34)26(35)32(17-7-3)21-22-12-10-9-11-13-22/h6-7,9-13,23-25,34H,2-3,5,8,14-21H2,1,4H3/t23-,24+,25?,29+,30?/m1/s1. The van der Waals surface area contributed by atoms with Gasteiger partial charge < -0.3 is 24.5 Å². The molecule has 0 radical (unpaired) electrons. The smallest absolute Gasteiger partial charge is 0.248 e. The fraction of sp³-hybridized carbons (Fsp3) is 0.567. The predicted molar refractivity (Wildman–Crippen MR) is 145 cm³/mol. The van der Waals surface area contributed by atoms with E-state index < -0.39 is 29.1 Å². The number of ether oxygens (including phenoxy) is 1. The Labute approximate surface area is 225 Å². The summed E-state index contributed by atoms with van der Waals surface area (Å²) in [6.45, 7) is 13.0. The maximum atomic E-state index is 14.2. The molecule has 0 saturated carbocycles. The number of unbranched alkanes of at least 4 members (excludes halogenated alkanes) is 1. The number of nitrogens with zero attached hydrogens (tertiary/aromatic N) is 3. The van der Waals surface area contributed by atoms with Crippen molar-refractivity contribution in [3.63, 3.8) is 0 Å². The second-order valence-corrected chi connectivity index (χ2v) is 10.9. The van der Waals surface area contributed by atoms with E-state index in [1.165, 1.54) is 4.90 Å². The lowest BCUT2D eigenvalue weighted by Gasteiger charge is -2.36. The summed E-state index contributed by atoms with van der Waals surface area (Å²) in [7, 11) is 0. The van der Waals surface area contributed by atoms with Crippen molar-refractivity contribution < 1.29 is 24.2 Å². The lowest BCUT2D eigenvalue weighted by Crippen LogP contribution is -2.56. The zero-order chi connectivity index (χ0) is 27.5. The molecule has 8 heteroatoms. The molecular weight excluding hydrogens is 482 g/mol. The Kier molecular flexibility index (Phi) is 8.43. The first-order valence-electron chi connectivity index (χ1n) is 13.7. The molecule has 4 rings (SSSR count). The number of aliphatic hydroxyl groups excluding tert-OH is 1. The highest BCUT2D eigenvalue weighted by molar-refractivity contribution is 5.99. The molecule has 1 aromatic carbocycles. The number of β-amino-alcohol motifs (C(OH)–C–C–N with tert-alkyl or cyclic N) is 1. The summed E-state index contributed by atoms with van der Waals surface area (Å²) in [5, 5.41) is 9.84. The SMILES string of the molecule is C=CCN(CCCC)C(=O)C1N(CCO)C(=O)[C@@H]2[C@H](C(=O)N(CC=C)Cc3ccccc3)[C@]3(C)CCC12O3. The minimum Gasteiger partial charge on any atom is -0.395 e.